The van der Waals surface area contributed by atoms with Crippen LogP contribution in [0, 0.1) is 11.8 Å². The van der Waals surface area contributed by atoms with Gasteiger partial charge in [-0.2, -0.15) is 0 Å². The molecule has 1 aliphatic heterocycles. The molecular formula is C28H32N2O5. The molecule has 1 saturated carbocycles. The van der Waals surface area contributed by atoms with Crippen molar-refractivity contribution in [2.24, 2.45) is 11.8 Å². The number of carbonyl (C=O) groups excluding carboxylic acids is 2. The number of piperidine rings is 1. The number of ether oxygens (including phenoxy) is 1. The molecule has 2 amide bonds. The Morgan fingerprint density at radius 3 is 2.26 bits per heavy atom. The summed E-state index contributed by atoms with van der Waals surface area (Å²) in [6, 6.07) is 15.2. The molecule has 2 aromatic carbocycles. The quantitative estimate of drug-likeness (QED) is 0.617. The maximum atomic E-state index is 13.4. The predicted octanol–water partition coefficient (Wildman–Crippen LogP) is 4.41. The number of aliphatic carboxylic acids is 1. The summed E-state index contributed by atoms with van der Waals surface area (Å²) in [5.41, 5.74) is 4.58. The van der Waals surface area contributed by atoms with E-state index in [1.54, 1.807) is 11.8 Å². The fourth-order valence-corrected chi connectivity index (χ4v) is 5.68. The molecule has 1 saturated heterocycles. The van der Waals surface area contributed by atoms with Gasteiger partial charge in [0.25, 0.3) is 0 Å². The van der Waals surface area contributed by atoms with Crippen LogP contribution in [0.1, 0.15) is 56.1 Å². The highest BCUT2D eigenvalue weighted by atomic mass is 16.5. The molecule has 0 radical (unpaired) electrons. The van der Waals surface area contributed by atoms with Crippen LogP contribution in [0.4, 0.5) is 4.79 Å². The minimum absolute atomic E-state index is 0.0517. The average molecular weight is 477 g/mol. The number of nitrogens with one attached hydrogen (secondary N) is 1. The van der Waals surface area contributed by atoms with E-state index in [1.807, 2.05) is 24.3 Å². The molecule has 1 unspecified atom stereocenters. The topological polar surface area (TPSA) is 95.9 Å². The monoisotopic (exact) mass is 476 g/mol. The Balaban J connectivity index is 1.26. The first-order valence-corrected chi connectivity index (χ1v) is 12.6. The molecule has 2 N–H and O–H groups in total. The van der Waals surface area contributed by atoms with Crippen LogP contribution in [0.25, 0.3) is 11.1 Å². The Morgan fingerprint density at radius 2 is 1.66 bits per heavy atom. The van der Waals surface area contributed by atoms with Crippen molar-refractivity contribution in [3.05, 3.63) is 59.7 Å². The van der Waals surface area contributed by atoms with Gasteiger partial charge in [-0.1, -0.05) is 61.4 Å². The number of benzene rings is 2. The zero-order valence-electron chi connectivity index (χ0n) is 20.0. The van der Waals surface area contributed by atoms with Crippen LogP contribution in [0.2, 0.25) is 0 Å². The van der Waals surface area contributed by atoms with Gasteiger partial charge in [0, 0.05) is 18.5 Å². The summed E-state index contributed by atoms with van der Waals surface area (Å²) in [7, 11) is 0. The molecule has 3 aliphatic rings. The van der Waals surface area contributed by atoms with Crippen molar-refractivity contribution in [3.63, 3.8) is 0 Å². The lowest BCUT2D eigenvalue weighted by atomic mass is 9.89. The molecule has 0 aromatic heterocycles. The standard InChI is InChI=1S/C28H32N2O5/c1-17-19(27(32)33)11-6-14-30(17)26(31)25(15-18-12-13-18)29-28(34)35-16-24-22-9-4-2-7-20(22)21-8-3-5-10-23(21)24/h2-5,7-10,17-19,24-25H,6,11-16H2,1H3,(H,29,34)(H,32,33)/t17-,19-,25?/m0/s1. The minimum Gasteiger partial charge on any atom is -0.481 e. The van der Waals surface area contributed by atoms with Crippen molar-refractivity contribution in [2.45, 2.75) is 57.0 Å². The van der Waals surface area contributed by atoms with Crippen LogP contribution >= 0.6 is 0 Å². The van der Waals surface area contributed by atoms with Gasteiger partial charge in [-0.3, -0.25) is 9.59 Å². The lowest BCUT2D eigenvalue weighted by Gasteiger charge is -2.39. The fraction of sp³-hybridized carbons (Fsp3) is 0.464. The van der Waals surface area contributed by atoms with Crippen LogP contribution in [-0.4, -0.2) is 53.2 Å². The highest BCUT2D eigenvalue weighted by Gasteiger charge is 2.40. The van der Waals surface area contributed by atoms with E-state index in [4.69, 9.17) is 4.74 Å². The van der Waals surface area contributed by atoms with E-state index in [-0.39, 0.29) is 18.4 Å². The van der Waals surface area contributed by atoms with Crippen molar-refractivity contribution >= 4 is 18.0 Å². The molecule has 1 heterocycles. The van der Waals surface area contributed by atoms with E-state index in [2.05, 4.69) is 29.6 Å². The van der Waals surface area contributed by atoms with E-state index in [0.717, 1.165) is 35.1 Å². The van der Waals surface area contributed by atoms with Crippen molar-refractivity contribution in [1.82, 2.24) is 10.2 Å². The lowest BCUT2D eigenvalue weighted by Crippen LogP contribution is -2.56. The number of alkyl carbamates (subject to hydrolysis) is 1. The Morgan fingerprint density at radius 1 is 1.03 bits per heavy atom. The van der Waals surface area contributed by atoms with Crippen LogP contribution in [0.5, 0.6) is 0 Å². The smallest absolute Gasteiger partial charge is 0.407 e. The fourth-order valence-electron chi connectivity index (χ4n) is 5.68. The number of rotatable bonds is 7. The number of hydrogen-bond donors (Lipinski definition) is 2. The first kappa shape index (κ1) is 23.4. The average Bonchev–Trinajstić information content (AvgIpc) is 3.62. The minimum atomic E-state index is -0.877. The molecule has 2 aliphatic carbocycles. The number of fused-ring (bicyclic) bond motifs is 3. The van der Waals surface area contributed by atoms with Gasteiger partial charge in [0.15, 0.2) is 0 Å². The normalized spacial score (nSPS) is 22.1. The van der Waals surface area contributed by atoms with Gasteiger partial charge in [-0.25, -0.2) is 4.79 Å². The van der Waals surface area contributed by atoms with E-state index >= 15 is 0 Å². The molecule has 2 aromatic rings. The molecule has 0 spiro atoms. The summed E-state index contributed by atoms with van der Waals surface area (Å²) >= 11 is 0. The van der Waals surface area contributed by atoms with E-state index in [9.17, 15) is 19.5 Å². The number of carboxylic acid groups (broad SMARTS) is 1. The van der Waals surface area contributed by atoms with Gasteiger partial charge < -0.3 is 20.1 Å². The summed E-state index contributed by atoms with van der Waals surface area (Å²) in [5.74, 6) is -1.30. The second kappa shape index (κ2) is 9.72. The Kier molecular flexibility index (Phi) is 6.50. The van der Waals surface area contributed by atoms with Crippen molar-refractivity contribution in [3.8, 4) is 11.1 Å². The summed E-state index contributed by atoms with van der Waals surface area (Å²) in [6.45, 7) is 2.49. The van der Waals surface area contributed by atoms with Gasteiger partial charge in [-0.05, 0) is 54.4 Å². The van der Waals surface area contributed by atoms with Crippen LogP contribution in [-0.2, 0) is 14.3 Å². The van der Waals surface area contributed by atoms with E-state index < -0.39 is 30.1 Å². The molecule has 7 nitrogen and oxygen atoms in total. The molecule has 0 bridgehead atoms. The van der Waals surface area contributed by atoms with Crippen LogP contribution in [0.15, 0.2) is 48.5 Å². The number of hydrogen-bond acceptors (Lipinski definition) is 4. The molecule has 184 valence electrons. The Bertz CT molecular complexity index is 1080. The van der Waals surface area contributed by atoms with Crippen molar-refractivity contribution in [2.75, 3.05) is 13.2 Å². The van der Waals surface area contributed by atoms with Crippen LogP contribution < -0.4 is 5.32 Å². The molecule has 7 heteroatoms. The highest BCUT2D eigenvalue weighted by molar-refractivity contribution is 5.87. The van der Waals surface area contributed by atoms with Gasteiger partial charge in [0.1, 0.15) is 12.6 Å². The van der Waals surface area contributed by atoms with Gasteiger partial charge in [0.2, 0.25) is 5.91 Å². The van der Waals surface area contributed by atoms with E-state index in [0.29, 0.717) is 31.7 Å². The lowest BCUT2D eigenvalue weighted by molar-refractivity contribution is -0.149. The van der Waals surface area contributed by atoms with Crippen molar-refractivity contribution in [1.29, 1.82) is 0 Å². The Labute approximate surface area is 205 Å². The van der Waals surface area contributed by atoms with Gasteiger partial charge in [0.05, 0.1) is 5.92 Å². The van der Waals surface area contributed by atoms with Crippen molar-refractivity contribution < 1.29 is 24.2 Å². The predicted molar refractivity (Wildman–Crippen MR) is 131 cm³/mol. The molecule has 2 fully saturated rings. The molecule has 3 atom stereocenters. The zero-order chi connectivity index (χ0) is 24.5. The second-order valence-corrected chi connectivity index (χ2v) is 10.1. The Hall–Kier alpha value is -3.35. The first-order chi connectivity index (χ1) is 16.9. The number of amides is 2. The summed E-state index contributed by atoms with van der Waals surface area (Å²) < 4.78 is 5.68. The third-order valence-corrected chi connectivity index (χ3v) is 7.79. The molecule has 5 rings (SSSR count). The summed E-state index contributed by atoms with van der Waals surface area (Å²) in [4.78, 5) is 39.6. The van der Waals surface area contributed by atoms with Gasteiger partial charge >= 0.3 is 12.1 Å². The largest absolute Gasteiger partial charge is 0.481 e. The van der Waals surface area contributed by atoms with E-state index in [1.165, 1.54) is 0 Å². The SMILES string of the molecule is C[C@H]1[C@@H](C(=O)O)CCCN1C(=O)C(CC1CC1)NC(=O)OCC1c2ccccc2-c2ccccc21. The molecule has 35 heavy (non-hydrogen) atoms. The summed E-state index contributed by atoms with van der Waals surface area (Å²) in [5, 5.41) is 12.4. The number of carboxylic acids is 1. The van der Waals surface area contributed by atoms with Crippen LogP contribution in [0.3, 0.4) is 0 Å². The van der Waals surface area contributed by atoms with Gasteiger partial charge in [-0.15, -0.1) is 0 Å². The summed E-state index contributed by atoms with van der Waals surface area (Å²) in [6.07, 6.45) is 3.25. The zero-order valence-corrected chi connectivity index (χ0v) is 20.0. The second-order valence-electron chi connectivity index (χ2n) is 10.1. The molecular weight excluding hydrogens is 444 g/mol. The number of nitrogens with zero attached hydrogens (tertiary/aromatic N) is 1. The maximum absolute atomic E-state index is 13.4. The highest BCUT2D eigenvalue weighted by Crippen LogP contribution is 2.44. The number of likely N-dealkylation sites (tertiary alicyclic amines) is 1. The third-order valence-electron chi connectivity index (χ3n) is 7.79. The first-order valence-electron chi connectivity index (χ1n) is 12.6. The third kappa shape index (κ3) is 4.77. The maximum Gasteiger partial charge on any atom is 0.407 e. The number of carbonyl (C=O) groups is 3.